The lowest BCUT2D eigenvalue weighted by Crippen LogP contribution is -2.40. The minimum Gasteiger partial charge on any atom is -0.495 e. The number of morpholine rings is 3. The van der Waals surface area contributed by atoms with Crippen molar-refractivity contribution in [3.05, 3.63) is 219 Å². The van der Waals surface area contributed by atoms with Gasteiger partial charge in [-0.15, -0.1) is 0 Å². The molecule has 118 heavy (non-hydrogen) atoms. The van der Waals surface area contributed by atoms with Gasteiger partial charge in [-0.2, -0.15) is 39.5 Å². The highest BCUT2D eigenvalue weighted by Gasteiger charge is 2.37. The molecular weight excluding hydrogens is 1650 g/mol. The molecule has 0 saturated carbocycles. The van der Waals surface area contributed by atoms with E-state index in [0.717, 1.165) is 24.8 Å². The molecule has 0 radical (unpaired) electrons. The number of carbonyl (C=O) groups excluding carboxylic acids is 3. The quantitative estimate of drug-likeness (QED) is 0.0208. The van der Waals surface area contributed by atoms with Gasteiger partial charge in [0.15, 0.2) is 29.5 Å². The number of anilines is 8. The number of nitrogen functional groups attached to an aromatic ring is 1. The summed E-state index contributed by atoms with van der Waals surface area (Å²) < 4.78 is 223. The molecule has 0 bridgehead atoms. The van der Waals surface area contributed by atoms with Crippen molar-refractivity contribution >= 4 is 105 Å². The Morgan fingerprint density at radius 1 is 0.415 bits per heavy atom. The average molecular weight is 1730 g/mol. The molecule has 12 rings (SSSR count). The summed E-state index contributed by atoms with van der Waals surface area (Å²) in [5.41, 5.74) is 6.31. The van der Waals surface area contributed by atoms with Gasteiger partial charge in [-0.1, -0.05) is 48.0 Å². The lowest BCUT2D eigenvalue weighted by atomic mass is 10.1. The molecular formula is C78H82ClF9N12O15S3. The maximum atomic E-state index is 13.7. The molecule has 6 heterocycles. The number of halogens is 10. The van der Waals surface area contributed by atoms with Crippen molar-refractivity contribution in [2.24, 2.45) is 0 Å². The van der Waals surface area contributed by atoms with E-state index in [-0.39, 0.29) is 85.9 Å². The first kappa shape index (κ1) is 90.7. The number of methoxy groups -OCH3 is 3. The third-order valence-corrected chi connectivity index (χ3v) is 21.4. The van der Waals surface area contributed by atoms with Crippen LogP contribution in [0.25, 0.3) is 0 Å². The second-order valence-electron chi connectivity index (χ2n) is 26.3. The summed E-state index contributed by atoms with van der Waals surface area (Å²) in [5.74, 6) is 0.980. The number of nitrogens with two attached hydrogens (primary N) is 1. The van der Waals surface area contributed by atoms with Gasteiger partial charge in [0.25, 0.3) is 17.7 Å². The highest BCUT2D eigenvalue weighted by atomic mass is 35.5. The molecule has 40 heteroatoms. The van der Waals surface area contributed by atoms with Gasteiger partial charge in [-0.05, 0) is 114 Å². The van der Waals surface area contributed by atoms with Gasteiger partial charge in [0.2, 0.25) is 0 Å². The molecule has 9 aromatic rings. The Morgan fingerprint density at radius 2 is 0.712 bits per heavy atom. The monoisotopic (exact) mass is 1730 g/mol. The fourth-order valence-electron chi connectivity index (χ4n) is 11.7. The van der Waals surface area contributed by atoms with Crippen LogP contribution in [-0.2, 0) is 81.9 Å². The summed E-state index contributed by atoms with van der Waals surface area (Å²) in [6, 6.07) is 35.9. The van der Waals surface area contributed by atoms with E-state index >= 15 is 0 Å². The molecule has 0 atom stereocenters. The number of hydrogen-bond donors (Lipinski definition) is 6. The molecule has 632 valence electrons. The summed E-state index contributed by atoms with van der Waals surface area (Å²) in [4.78, 5) is 54.4. The van der Waals surface area contributed by atoms with Gasteiger partial charge in [-0.3, -0.25) is 14.4 Å². The van der Waals surface area contributed by atoms with Crippen LogP contribution in [0.3, 0.4) is 0 Å². The minimum absolute atomic E-state index is 0.00673. The summed E-state index contributed by atoms with van der Waals surface area (Å²) in [7, 11) is -5.96. The smallest absolute Gasteiger partial charge is 0.419 e. The van der Waals surface area contributed by atoms with Gasteiger partial charge >= 0.3 is 18.5 Å². The summed E-state index contributed by atoms with van der Waals surface area (Å²) >= 11 is 5.64. The van der Waals surface area contributed by atoms with E-state index in [9.17, 15) is 79.2 Å². The van der Waals surface area contributed by atoms with Crippen LogP contribution in [0, 0.1) is 0 Å². The number of benzene rings is 6. The van der Waals surface area contributed by atoms with Crippen LogP contribution < -0.4 is 46.5 Å². The van der Waals surface area contributed by atoms with Crippen molar-refractivity contribution in [1.82, 2.24) is 29.7 Å². The summed E-state index contributed by atoms with van der Waals surface area (Å²) in [6.45, 7) is 6.09. The highest BCUT2D eigenvalue weighted by Crippen LogP contribution is 2.41. The van der Waals surface area contributed by atoms with E-state index in [1.165, 1.54) is 88.1 Å². The zero-order chi connectivity index (χ0) is 85.9. The molecule has 27 nitrogen and oxygen atoms in total. The molecule has 6 aromatic carbocycles. The molecule has 3 aliphatic rings. The van der Waals surface area contributed by atoms with Crippen molar-refractivity contribution in [1.29, 1.82) is 0 Å². The Hall–Kier alpha value is -11.2. The summed E-state index contributed by atoms with van der Waals surface area (Å²) in [5, 5.41) is 13.9. The molecule has 3 fully saturated rings. The molecule has 0 spiro atoms. The normalized spacial score (nSPS) is 14.0. The van der Waals surface area contributed by atoms with Crippen LogP contribution in [0.2, 0.25) is 5.15 Å². The fourth-order valence-corrected chi connectivity index (χ4v) is 13.9. The maximum Gasteiger partial charge on any atom is 0.419 e. The second kappa shape index (κ2) is 39.8. The van der Waals surface area contributed by atoms with Crippen LogP contribution in [0.5, 0.6) is 17.2 Å². The predicted molar refractivity (Wildman–Crippen MR) is 423 cm³/mol. The van der Waals surface area contributed by atoms with E-state index < -0.39 is 64.7 Å². The van der Waals surface area contributed by atoms with Crippen LogP contribution >= 0.6 is 11.6 Å². The number of alkyl halides is 9. The van der Waals surface area contributed by atoms with Crippen LogP contribution in [0.4, 0.5) is 85.3 Å². The molecule has 0 aliphatic carbocycles. The third-order valence-electron chi connectivity index (χ3n) is 17.8. The Bertz CT molecular complexity index is 5190. The van der Waals surface area contributed by atoms with Crippen molar-refractivity contribution in [2.45, 2.75) is 52.8 Å². The van der Waals surface area contributed by atoms with Crippen LogP contribution in [0.15, 0.2) is 179 Å². The zero-order valence-electron chi connectivity index (χ0n) is 64.1. The minimum atomic E-state index is -4.68. The first-order valence-electron chi connectivity index (χ1n) is 35.6. The summed E-state index contributed by atoms with van der Waals surface area (Å²) in [6.07, 6.45) is -8.69. The lowest BCUT2D eigenvalue weighted by molar-refractivity contribution is -0.138. The Labute approximate surface area is 679 Å². The average Bonchev–Trinajstić information content (AvgIpc) is 0.816. The standard InChI is InChI=1S/2C26H27F3N4O5S.C14H12ClF3N2O2S.C12H16N2O3/c2*1-37-23-13-18(25(34)33-8-10-38-11-9-33)6-7-21(23)32-24-14-22(20(16-31-24)26(27,28)29)30-15-17-4-3-5-19(12-17)39(2,35)36;1-23(21,22)10-4-2-3-9(5-10)7-19-12-6-13(15)20-8-11(12)14(16,17)18;1-16-11-8-9(2-3-10(11)13)12(15)14-4-6-17-7-5-14/h2*3-7,12-14,16H,8-11,15H2,1-2H3,(H2,30,31,32);2-6,8H,7H2,1H3,(H,19,20);2-3,8H,4-7,13H2,1H3. The number of aromatic nitrogens is 3. The zero-order valence-corrected chi connectivity index (χ0v) is 67.3. The largest absolute Gasteiger partial charge is 0.495 e. The second-order valence-corrected chi connectivity index (χ2v) is 32.8. The highest BCUT2D eigenvalue weighted by molar-refractivity contribution is 7.91. The van der Waals surface area contributed by atoms with Gasteiger partial charge in [0.1, 0.15) is 34.0 Å². The van der Waals surface area contributed by atoms with Gasteiger partial charge in [0, 0.05) is 125 Å². The van der Waals surface area contributed by atoms with Gasteiger partial charge in [0.05, 0.1) is 126 Å². The molecule has 0 unspecified atom stereocenters. The molecule has 7 N–H and O–H groups in total. The molecule has 3 saturated heterocycles. The van der Waals surface area contributed by atoms with E-state index in [2.05, 4.69) is 41.5 Å². The number of hydrogen-bond acceptors (Lipinski definition) is 24. The lowest BCUT2D eigenvalue weighted by Gasteiger charge is -2.27. The number of sulfone groups is 3. The predicted octanol–water partition coefficient (Wildman–Crippen LogP) is 13.2. The van der Waals surface area contributed by atoms with E-state index in [0.29, 0.717) is 165 Å². The van der Waals surface area contributed by atoms with E-state index in [1.807, 2.05) is 0 Å². The van der Waals surface area contributed by atoms with Crippen molar-refractivity contribution < 1.29 is 108 Å². The third kappa shape index (κ3) is 25.6. The maximum absolute atomic E-state index is 13.7. The number of pyridine rings is 3. The first-order valence-corrected chi connectivity index (χ1v) is 41.7. The molecule has 3 aliphatic heterocycles. The molecule has 3 aromatic heterocycles. The van der Waals surface area contributed by atoms with Crippen LogP contribution in [0.1, 0.15) is 64.5 Å². The topological polar surface area (TPSA) is 344 Å². The van der Waals surface area contributed by atoms with Gasteiger partial charge < -0.3 is 75.4 Å². The Morgan fingerprint density at radius 3 is 1.02 bits per heavy atom. The fraction of sp³-hybridized carbons (Fsp3) is 0.308. The van der Waals surface area contributed by atoms with Gasteiger partial charge in [-0.25, -0.2) is 40.2 Å². The van der Waals surface area contributed by atoms with Crippen molar-refractivity contribution in [3.8, 4) is 17.2 Å². The Kier molecular flexibility index (Phi) is 30.6. The number of carbonyl (C=O) groups is 3. The first-order chi connectivity index (χ1) is 55.7. The number of nitrogens with one attached hydrogen (secondary N) is 5. The van der Waals surface area contributed by atoms with Crippen molar-refractivity contribution in [2.75, 3.05) is 151 Å². The van der Waals surface area contributed by atoms with E-state index in [1.54, 1.807) is 87.5 Å². The molecule has 3 amide bonds. The van der Waals surface area contributed by atoms with E-state index in [4.69, 9.17) is 45.8 Å². The van der Waals surface area contributed by atoms with Crippen LogP contribution in [-0.4, -0.2) is 192 Å². The van der Waals surface area contributed by atoms with Crippen molar-refractivity contribution in [3.63, 3.8) is 0 Å². The Balaban J connectivity index is 0.000000188. The number of ether oxygens (including phenoxy) is 6. The number of rotatable bonds is 22. The number of nitrogens with zero attached hydrogens (tertiary/aromatic N) is 6. The number of amides is 3. The SMILES string of the molecule is COc1cc(C(=O)N2CCOCC2)ccc1N.COc1cc(C(=O)N2CCOCC2)ccc1Nc1cc(NCc2cccc(S(C)(=O)=O)c2)c(C(F)(F)F)cn1.COc1cc(C(=O)N2CCOCC2)ccc1Nc1cc(NCc2cccc(S(C)(=O)=O)c2)c(C(F)(F)F)cn1.CS(=O)(=O)c1cccc(CNc2cc(Cl)ncc2C(F)(F)F)c1.